The minimum absolute atomic E-state index is 0.0586. The molecule has 0 bridgehead atoms. The minimum atomic E-state index is -0.0646. The largest absolute Gasteiger partial charge is 0.395 e. The van der Waals surface area contributed by atoms with Gasteiger partial charge in [0.05, 0.1) is 17.7 Å². The van der Waals surface area contributed by atoms with Crippen LogP contribution in [0.1, 0.15) is 10.4 Å². The van der Waals surface area contributed by atoms with Crippen molar-refractivity contribution in [2.24, 2.45) is 0 Å². The Morgan fingerprint density at radius 3 is 2.50 bits per heavy atom. The van der Waals surface area contributed by atoms with Crippen molar-refractivity contribution in [3.8, 4) is 0 Å². The monoisotopic (exact) mass is 351 g/mol. The van der Waals surface area contributed by atoms with Gasteiger partial charge >= 0.3 is 0 Å². The van der Waals surface area contributed by atoms with Crippen LogP contribution in [0.2, 0.25) is 0 Å². The van der Waals surface area contributed by atoms with Gasteiger partial charge in [-0.15, -0.1) is 0 Å². The number of aliphatic hydroxyl groups excluding tert-OH is 1. The number of nitrogens with one attached hydrogen (secondary N) is 1. The summed E-state index contributed by atoms with van der Waals surface area (Å²) in [7, 11) is 0. The highest BCUT2D eigenvalue weighted by molar-refractivity contribution is 6.07. The number of H-pyrrole nitrogens is 1. The zero-order valence-corrected chi connectivity index (χ0v) is 14.4. The van der Waals surface area contributed by atoms with E-state index in [4.69, 9.17) is 5.11 Å². The number of β-amino-alcohol motifs (C(OH)–C–C–N with tert-alkyl or cyclic N) is 1. The van der Waals surface area contributed by atoms with Crippen LogP contribution in [0, 0.1) is 0 Å². The van der Waals surface area contributed by atoms with Crippen LogP contribution in [-0.2, 0) is 0 Å². The van der Waals surface area contributed by atoms with Crippen LogP contribution in [0.3, 0.4) is 0 Å². The predicted molar refractivity (Wildman–Crippen MR) is 102 cm³/mol. The summed E-state index contributed by atoms with van der Waals surface area (Å²) in [5.74, 6) is -0.0646. The van der Waals surface area contributed by atoms with Gasteiger partial charge in [-0.2, -0.15) is 0 Å². The van der Waals surface area contributed by atoms with E-state index in [-0.39, 0.29) is 17.9 Å². The first-order chi connectivity index (χ1) is 12.7. The quantitative estimate of drug-likeness (QED) is 0.700. The Morgan fingerprint density at radius 1 is 1.00 bits per heavy atom. The topological polar surface area (TPSA) is 76.6 Å². The predicted octanol–water partition coefficient (Wildman–Crippen LogP) is 1.43. The second-order valence-corrected chi connectivity index (χ2v) is 6.59. The van der Waals surface area contributed by atoms with Crippen LogP contribution in [0.4, 0.5) is 0 Å². The number of aromatic nitrogens is 1. The van der Waals surface area contributed by atoms with Crippen molar-refractivity contribution in [1.82, 2.24) is 14.8 Å². The van der Waals surface area contributed by atoms with E-state index >= 15 is 0 Å². The third kappa shape index (κ3) is 2.87. The smallest absolute Gasteiger partial charge is 0.256 e. The zero-order valence-electron chi connectivity index (χ0n) is 14.4. The third-order valence-electron chi connectivity index (χ3n) is 5.05. The molecule has 6 nitrogen and oxygen atoms in total. The highest BCUT2D eigenvalue weighted by Crippen LogP contribution is 2.20. The summed E-state index contributed by atoms with van der Waals surface area (Å²) in [5, 5.41) is 10.2. The van der Waals surface area contributed by atoms with Gasteiger partial charge in [0.15, 0.2) is 5.43 Å². The number of hydrogen-bond acceptors (Lipinski definition) is 4. The van der Waals surface area contributed by atoms with Crippen molar-refractivity contribution in [1.29, 1.82) is 0 Å². The highest BCUT2D eigenvalue weighted by atomic mass is 16.3. The third-order valence-corrected chi connectivity index (χ3v) is 5.05. The Kier molecular flexibility index (Phi) is 4.44. The van der Waals surface area contributed by atoms with E-state index in [1.807, 2.05) is 23.1 Å². The van der Waals surface area contributed by atoms with Gasteiger partial charge in [-0.1, -0.05) is 18.2 Å². The number of piperazine rings is 1. The maximum Gasteiger partial charge on any atom is 0.256 e. The molecule has 3 aromatic rings. The summed E-state index contributed by atoms with van der Waals surface area (Å²) < 4.78 is 0. The number of nitrogens with zero attached hydrogens (tertiary/aromatic N) is 2. The zero-order chi connectivity index (χ0) is 18.1. The Hall–Kier alpha value is -2.70. The van der Waals surface area contributed by atoms with Crippen LogP contribution in [0.15, 0.2) is 47.3 Å². The van der Waals surface area contributed by atoms with Crippen LogP contribution < -0.4 is 5.43 Å². The number of pyridine rings is 1. The van der Waals surface area contributed by atoms with Crippen molar-refractivity contribution in [2.45, 2.75) is 0 Å². The van der Waals surface area contributed by atoms with E-state index in [2.05, 4.69) is 9.88 Å². The molecule has 6 heteroatoms. The maximum atomic E-state index is 13.1. The summed E-state index contributed by atoms with van der Waals surface area (Å²) in [6, 6.07) is 12.7. The lowest BCUT2D eigenvalue weighted by atomic mass is 10.0. The molecular weight excluding hydrogens is 330 g/mol. The lowest BCUT2D eigenvalue weighted by Crippen LogP contribution is -2.49. The lowest BCUT2D eigenvalue weighted by Gasteiger charge is -2.34. The van der Waals surface area contributed by atoms with Crippen molar-refractivity contribution in [2.75, 3.05) is 39.3 Å². The first-order valence-corrected chi connectivity index (χ1v) is 8.85. The molecule has 2 N–H and O–H groups in total. The molecule has 1 aliphatic rings. The van der Waals surface area contributed by atoms with E-state index in [9.17, 15) is 9.59 Å². The molecule has 0 radical (unpaired) electrons. The lowest BCUT2D eigenvalue weighted by molar-refractivity contribution is 0.0616. The summed E-state index contributed by atoms with van der Waals surface area (Å²) in [5.41, 5.74) is 1.80. The van der Waals surface area contributed by atoms with Gasteiger partial charge in [0, 0.05) is 49.0 Å². The number of rotatable bonds is 3. The second kappa shape index (κ2) is 6.90. The van der Waals surface area contributed by atoms with Gasteiger partial charge in [0.25, 0.3) is 5.91 Å². The maximum absolute atomic E-state index is 13.1. The van der Waals surface area contributed by atoms with E-state index in [0.29, 0.717) is 41.5 Å². The molecule has 0 spiro atoms. The summed E-state index contributed by atoms with van der Waals surface area (Å²) in [4.78, 5) is 33.1. The van der Waals surface area contributed by atoms with E-state index in [1.54, 1.807) is 24.3 Å². The number of carbonyl (C=O) groups excluding carboxylic acids is 1. The number of carbonyl (C=O) groups is 1. The highest BCUT2D eigenvalue weighted by Gasteiger charge is 2.23. The first-order valence-electron chi connectivity index (χ1n) is 8.85. The van der Waals surface area contributed by atoms with Gasteiger partial charge in [-0.3, -0.25) is 14.5 Å². The summed E-state index contributed by atoms with van der Waals surface area (Å²) >= 11 is 0. The van der Waals surface area contributed by atoms with E-state index in [0.717, 1.165) is 18.6 Å². The standard InChI is InChI=1S/C20H21N3O3/c24-13-12-22-8-10-23(11-9-22)20(26)16-6-3-5-15-18(16)21-17-7-2-1-4-14(17)19(15)25/h1-7,24H,8-13H2,(H,21,25). The molecular formula is C20H21N3O3. The van der Waals surface area contributed by atoms with Crippen molar-refractivity contribution in [3.63, 3.8) is 0 Å². The molecule has 0 saturated carbocycles. The minimum Gasteiger partial charge on any atom is -0.395 e. The second-order valence-electron chi connectivity index (χ2n) is 6.59. The summed E-state index contributed by atoms with van der Waals surface area (Å²) in [6.07, 6.45) is 0. The Bertz CT molecular complexity index is 1020. The fourth-order valence-electron chi connectivity index (χ4n) is 3.61. The Morgan fingerprint density at radius 2 is 1.73 bits per heavy atom. The molecule has 2 aromatic carbocycles. The van der Waals surface area contributed by atoms with Crippen LogP contribution >= 0.6 is 0 Å². The molecule has 1 aromatic heterocycles. The van der Waals surface area contributed by atoms with Gasteiger partial charge in [0.1, 0.15) is 0 Å². The van der Waals surface area contributed by atoms with Gasteiger partial charge in [-0.05, 0) is 24.3 Å². The van der Waals surface area contributed by atoms with Crippen LogP contribution in [0.25, 0.3) is 21.8 Å². The molecule has 0 unspecified atom stereocenters. The molecule has 1 amide bonds. The molecule has 134 valence electrons. The SMILES string of the molecule is O=C(c1cccc2c(=O)c3ccccc3[nH]c12)N1CCN(CCO)CC1. The van der Waals surface area contributed by atoms with Gasteiger partial charge in [-0.25, -0.2) is 0 Å². The number of amides is 1. The Balaban J connectivity index is 1.73. The van der Waals surface area contributed by atoms with E-state index in [1.165, 1.54) is 0 Å². The number of fused-ring (bicyclic) bond motifs is 2. The van der Waals surface area contributed by atoms with Crippen molar-refractivity contribution in [3.05, 3.63) is 58.3 Å². The molecule has 2 heterocycles. The molecule has 1 aliphatic heterocycles. The number of aromatic amines is 1. The van der Waals surface area contributed by atoms with Crippen LogP contribution in [-0.4, -0.2) is 65.1 Å². The molecule has 26 heavy (non-hydrogen) atoms. The fourth-order valence-corrected chi connectivity index (χ4v) is 3.61. The molecule has 0 aliphatic carbocycles. The average Bonchev–Trinajstić information content (AvgIpc) is 2.68. The molecule has 4 rings (SSSR count). The normalized spacial score (nSPS) is 15.7. The number of para-hydroxylation sites is 2. The van der Waals surface area contributed by atoms with Crippen LogP contribution in [0.5, 0.6) is 0 Å². The fraction of sp³-hybridized carbons (Fsp3) is 0.300. The number of aliphatic hydroxyl groups is 1. The number of hydrogen-bond donors (Lipinski definition) is 2. The van der Waals surface area contributed by atoms with Crippen molar-refractivity contribution >= 4 is 27.7 Å². The molecule has 0 atom stereocenters. The van der Waals surface area contributed by atoms with Gasteiger partial charge in [0.2, 0.25) is 0 Å². The van der Waals surface area contributed by atoms with Crippen molar-refractivity contribution < 1.29 is 9.90 Å². The van der Waals surface area contributed by atoms with Gasteiger partial charge < -0.3 is 15.0 Å². The summed E-state index contributed by atoms with van der Waals surface area (Å²) in [6.45, 7) is 3.49. The molecule has 1 saturated heterocycles. The average molecular weight is 351 g/mol. The van der Waals surface area contributed by atoms with E-state index < -0.39 is 0 Å². The number of benzene rings is 2. The first kappa shape index (κ1) is 16.8. The Labute approximate surface area is 150 Å². The molecule has 1 fully saturated rings.